The van der Waals surface area contributed by atoms with Gasteiger partial charge in [-0.25, -0.2) is 0 Å². The molecule has 1 aromatic carbocycles. The molecule has 2 aromatic rings. The third-order valence-corrected chi connectivity index (χ3v) is 3.08. The van der Waals surface area contributed by atoms with E-state index in [9.17, 15) is 4.79 Å². The Balaban J connectivity index is 2.38. The predicted octanol–water partition coefficient (Wildman–Crippen LogP) is 3.52. The first-order chi connectivity index (χ1) is 8.49. The Labute approximate surface area is 112 Å². The van der Waals surface area contributed by atoms with Gasteiger partial charge in [0.2, 0.25) is 0 Å². The van der Waals surface area contributed by atoms with Crippen LogP contribution in [0.4, 0.5) is 0 Å². The molecule has 0 bridgehead atoms. The Morgan fingerprint density at radius 1 is 1.44 bits per heavy atom. The van der Waals surface area contributed by atoms with Crippen molar-refractivity contribution < 1.29 is 4.79 Å². The zero-order valence-electron chi connectivity index (χ0n) is 10.8. The molecule has 0 spiro atoms. The van der Waals surface area contributed by atoms with Crippen LogP contribution in [0, 0.1) is 12.8 Å². The molecule has 3 nitrogen and oxygen atoms in total. The monoisotopic (exact) mass is 264 g/mol. The molecule has 1 heterocycles. The van der Waals surface area contributed by atoms with Crippen molar-refractivity contribution in [3.05, 3.63) is 34.5 Å². The molecule has 0 saturated carbocycles. The Morgan fingerprint density at radius 2 is 2.17 bits per heavy atom. The average Bonchev–Trinajstić information content (AvgIpc) is 2.61. The largest absolute Gasteiger partial charge is 0.358 e. The molecule has 2 N–H and O–H groups in total. The van der Waals surface area contributed by atoms with Crippen molar-refractivity contribution in [3.8, 4) is 0 Å². The molecule has 1 aromatic heterocycles. The summed E-state index contributed by atoms with van der Waals surface area (Å²) in [4.78, 5) is 15.4. The molecule has 0 saturated heterocycles. The van der Waals surface area contributed by atoms with E-state index >= 15 is 0 Å². The third-order valence-electron chi connectivity index (χ3n) is 2.85. The Hall–Kier alpha value is -1.48. The summed E-state index contributed by atoms with van der Waals surface area (Å²) < 4.78 is 0. The number of aromatic nitrogens is 1. The molecule has 0 aliphatic rings. The normalized spacial score (nSPS) is 11.2. The second-order valence-corrected chi connectivity index (χ2v) is 5.36. The summed E-state index contributed by atoms with van der Waals surface area (Å²) in [6.45, 7) is 6.72. The minimum Gasteiger partial charge on any atom is -0.358 e. The maximum absolute atomic E-state index is 12.2. The summed E-state index contributed by atoms with van der Waals surface area (Å²) in [5.74, 6) is 0.406. The Bertz CT molecular complexity index is 587. The van der Waals surface area contributed by atoms with Crippen LogP contribution in [0.1, 0.15) is 29.9 Å². The Morgan fingerprint density at radius 3 is 2.83 bits per heavy atom. The molecular formula is C14H17ClN2O. The zero-order chi connectivity index (χ0) is 13.3. The van der Waals surface area contributed by atoms with Crippen LogP contribution in [0.25, 0.3) is 10.9 Å². The predicted molar refractivity (Wildman–Crippen MR) is 75.2 cm³/mol. The van der Waals surface area contributed by atoms with E-state index in [-0.39, 0.29) is 5.91 Å². The quantitative estimate of drug-likeness (QED) is 0.875. The molecule has 96 valence electrons. The number of benzene rings is 1. The number of carbonyl (C=O) groups excluding carboxylic acids is 1. The number of H-pyrrole nitrogens is 1. The lowest BCUT2D eigenvalue weighted by Gasteiger charge is -2.07. The molecule has 0 atom stereocenters. The molecule has 18 heavy (non-hydrogen) atoms. The second-order valence-electron chi connectivity index (χ2n) is 4.92. The van der Waals surface area contributed by atoms with Crippen molar-refractivity contribution in [2.75, 3.05) is 6.54 Å². The molecule has 1 amide bonds. The number of hydrogen-bond donors (Lipinski definition) is 2. The van der Waals surface area contributed by atoms with Crippen LogP contribution in [-0.2, 0) is 0 Å². The first kappa shape index (κ1) is 13.0. The molecule has 4 heteroatoms. The first-order valence-corrected chi connectivity index (χ1v) is 6.43. The van der Waals surface area contributed by atoms with Gasteiger partial charge in [-0.3, -0.25) is 4.79 Å². The van der Waals surface area contributed by atoms with Gasteiger partial charge >= 0.3 is 0 Å². The summed E-state index contributed by atoms with van der Waals surface area (Å²) in [6.07, 6.45) is 0. The number of aryl methyl sites for hydroxylation is 1. The van der Waals surface area contributed by atoms with Gasteiger partial charge < -0.3 is 10.3 Å². The zero-order valence-corrected chi connectivity index (χ0v) is 11.6. The maximum Gasteiger partial charge on any atom is 0.253 e. The lowest BCUT2D eigenvalue weighted by Crippen LogP contribution is -2.27. The molecule has 0 unspecified atom stereocenters. The van der Waals surface area contributed by atoms with E-state index in [4.69, 9.17) is 11.6 Å². The van der Waals surface area contributed by atoms with Crippen molar-refractivity contribution in [2.24, 2.45) is 5.92 Å². The van der Waals surface area contributed by atoms with Crippen LogP contribution < -0.4 is 5.32 Å². The van der Waals surface area contributed by atoms with Crippen LogP contribution >= 0.6 is 11.6 Å². The van der Waals surface area contributed by atoms with Gasteiger partial charge in [0.25, 0.3) is 5.91 Å². The number of nitrogens with one attached hydrogen (secondary N) is 2. The van der Waals surface area contributed by atoms with Crippen LogP contribution in [0.5, 0.6) is 0 Å². The molecule has 2 rings (SSSR count). The van der Waals surface area contributed by atoms with Crippen LogP contribution in [0.15, 0.2) is 18.2 Å². The van der Waals surface area contributed by atoms with Gasteiger partial charge in [0, 0.05) is 28.2 Å². The maximum atomic E-state index is 12.2. The standard InChI is InChI=1S/C14H17ClN2O/c1-8(2)7-16-14(18)13-9(3)17-12-6-10(15)4-5-11(12)13/h4-6,8,17H,7H2,1-3H3,(H,16,18). The van der Waals surface area contributed by atoms with Crippen LogP contribution in [0.2, 0.25) is 5.02 Å². The number of halogens is 1. The van der Waals surface area contributed by atoms with Crippen LogP contribution in [0.3, 0.4) is 0 Å². The highest BCUT2D eigenvalue weighted by atomic mass is 35.5. The van der Waals surface area contributed by atoms with E-state index in [2.05, 4.69) is 24.1 Å². The number of fused-ring (bicyclic) bond motifs is 1. The number of amides is 1. The van der Waals surface area contributed by atoms with Gasteiger partial charge in [-0.2, -0.15) is 0 Å². The highest BCUT2D eigenvalue weighted by Gasteiger charge is 2.15. The molecule has 0 radical (unpaired) electrons. The molecule has 0 aliphatic carbocycles. The van der Waals surface area contributed by atoms with E-state index < -0.39 is 0 Å². The number of carbonyl (C=O) groups is 1. The fraction of sp³-hybridized carbons (Fsp3) is 0.357. The fourth-order valence-electron chi connectivity index (χ4n) is 1.98. The van der Waals surface area contributed by atoms with Gasteiger partial charge in [0.1, 0.15) is 0 Å². The lowest BCUT2D eigenvalue weighted by molar-refractivity contribution is 0.0950. The molecular weight excluding hydrogens is 248 g/mol. The molecule has 0 aliphatic heterocycles. The van der Waals surface area contributed by atoms with Crippen molar-refractivity contribution in [3.63, 3.8) is 0 Å². The van der Waals surface area contributed by atoms with Gasteiger partial charge in [-0.1, -0.05) is 31.5 Å². The van der Waals surface area contributed by atoms with Crippen LogP contribution in [-0.4, -0.2) is 17.4 Å². The number of hydrogen-bond acceptors (Lipinski definition) is 1. The van der Waals surface area contributed by atoms with Crippen molar-refractivity contribution >= 4 is 28.4 Å². The van der Waals surface area contributed by atoms with E-state index in [1.165, 1.54) is 0 Å². The summed E-state index contributed by atoms with van der Waals surface area (Å²) in [6, 6.07) is 5.52. The summed E-state index contributed by atoms with van der Waals surface area (Å²) in [5.41, 5.74) is 2.48. The first-order valence-electron chi connectivity index (χ1n) is 6.05. The summed E-state index contributed by atoms with van der Waals surface area (Å²) >= 11 is 5.94. The molecule has 0 fully saturated rings. The average molecular weight is 265 g/mol. The van der Waals surface area contributed by atoms with Gasteiger partial charge in [0.05, 0.1) is 5.56 Å². The minimum absolute atomic E-state index is 0.0326. The summed E-state index contributed by atoms with van der Waals surface area (Å²) in [7, 11) is 0. The second kappa shape index (κ2) is 5.02. The van der Waals surface area contributed by atoms with Crippen molar-refractivity contribution in [1.29, 1.82) is 0 Å². The lowest BCUT2D eigenvalue weighted by atomic mass is 10.1. The highest BCUT2D eigenvalue weighted by Crippen LogP contribution is 2.24. The van der Waals surface area contributed by atoms with E-state index in [0.29, 0.717) is 23.0 Å². The number of aromatic amines is 1. The Kier molecular flexibility index (Phi) is 3.62. The van der Waals surface area contributed by atoms with Gasteiger partial charge in [-0.05, 0) is 25.0 Å². The summed E-state index contributed by atoms with van der Waals surface area (Å²) in [5, 5.41) is 4.52. The van der Waals surface area contributed by atoms with Crippen molar-refractivity contribution in [2.45, 2.75) is 20.8 Å². The van der Waals surface area contributed by atoms with Crippen molar-refractivity contribution in [1.82, 2.24) is 10.3 Å². The van der Waals surface area contributed by atoms with Gasteiger partial charge in [-0.15, -0.1) is 0 Å². The fourth-order valence-corrected chi connectivity index (χ4v) is 2.15. The SMILES string of the molecule is Cc1[nH]c2cc(Cl)ccc2c1C(=O)NCC(C)C. The number of rotatable bonds is 3. The van der Waals surface area contributed by atoms with E-state index in [1.807, 2.05) is 19.1 Å². The third kappa shape index (κ3) is 2.51. The smallest absolute Gasteiger partial charge is 0.253 e. The van der Waals surface area contributed by atoms with E-state index in [0.717, 1.165) is 16.6 Å². The minimum atomic E-state index is -0.0326. The topological polar surface area (TPSA) is 44.9 Å². The van der Waals surface area contributed by atoms with Gasteiger partial charge in [0.15, 0.2) is 0 Å². The van der Waals surface area contributed by atoms with E-state index in [1.54, 1.807) is 6.07 Å². The highest BCUT2D eigenvalue weighted by molar-refractivity contribution is 6.31.